The van der Waals surface area contributed by atoms with E-state index in [0.29, 0.717) is 12.0 Å². The van der Waals surface area contributed by atoms with Gasteiger partial charge in [-0.25, -0.2) is 0 Å². The number of benzene rings is 1. The maximum absolute atomic E-state index is 3.74. The zero-order valence-electron chi connectivity index (χ0n) is 12.4. The summed E-state index contributed by atoms with van der Waals surface area (Å²) in [6.45, 7) is 9.44. The van der Waals surface area contributed by atoms with Crippen LogP contribution < -0.4 is 5.32 Å². The summed E-state index contributed by atoms with van der Waals surface area (Å²) >= 11 is 0. The van der Waals surface area contributed by atoms with E-state index < -0.39 is 0 Å². The second-order valence-corrected chi connectivity index (χ2v) is 5.79. The van der Waals surface area contributed by atoms with Gasteiger partial charge in [0.05, 0.1) is 0 Å². The SMILES string of the molecule is CCN1CCCC(NCCC(C)c2ccccc2)C1. The monoisotopic (exact) mass is 260 g/mol. The molecule has 0 bridgehead atoms. The lowest BCUT2D eigenvalue weighted by molar-refractivity contribution is 0.198. The highest BCUT2D eigenvalue weighted by molar-refractivity contribution is 5.18. The molecule has 0 aromatic heterocycles. The first-order valence-corrected chi connectivity index (χ1v) is 7.80. The largest absolute Gasteiger partial charge is 0.313 e. The summed E-state index contributed by atoms with van der Waals surface area (Å²) in [5.41, 5.74) is 1.46. The Kier molecular flexibility index (Phi) is 5.87. The molecule has 1 fully saturated rings. The molecule has 2 rings (SSSR count). The summed E-state index contributed by atoms with van der Waals surface area (Å²) in [6.07, 6.45) is 3.92. The van der Waals surface area contributed by atoms with Crippen LogP contribution in [0.3, 0.4) is 0 Å². The molecule has 0 radical (unpaired) electrons. The number of hydrogen-bond donors (Lipinski definition) is 1. The molecule has 2 heteroatoms. The van der Waals surface area contributed by atoms with E-state index in [1.807, 2.05) is 0 Å². The molecule has 1 aromatic carbocycles. The van der Waals surface area contributed by atoms with Gasteiger partial charge in [-0.3, -0.25) is 0 Å². The molecule has 1 heterocycles. The summed E-state index contributed by atoms with van der Waals surface area (Å²) in [7, 11) is 0. The molecule has 1 saturated heterocycles. The Balaban J connectivity index is 1.69. The topological polar surface area (TPSA) is 15.3 Å². The molecule has 106 valence electrons. The lowest BCUT2D eigenvalue weighted by Gasteiger charge is -2.32. The van der Waals surface area contributed by atoms with E-state index in [4.69, 9.17) is 0 Å². The highest BCUT2D eigenvalue weighted by Crippen LogP contribution is 2.18. The van der Waals surface area contributed by atoms with Gasteiger partial charge in [-0.2, -0.15) is 0 Å². The molecule has 19 heavy (non-hydrogen) atoms. The van der Waals surface area contributed by atoms with Crippen molar-refractivity contribution in [2.45, 2.75) is 45.1 Å². The second kappa shape index (κ2) is 7.66. The third-order valence-corrected chi connectivity index (χ3v) is 4.33. The van der Waals surface area contributed by atoms with Crippen LogP contribution in [0, 0.1) is 0 Å². The number of piperidine rings is 1. The molecule has 1 aliphatic heterocycles. The van der Waals surface area contributed by atoms with E-state index >= 15 is 0 Å². The van der Waals surface area contributed by atoms with Crippen molar-refractivity contribution in [3.8, 4) is 0 Å². The van der Waals surface area contributed by atoms with Gasteiger partial charge in [-0.15, -0.1) is 0 Å². The van der Waals surface area contributed by atoms with E-state index in [-0.39, 0.29) is 0 Å². The quantitative estimate of drug-likeness (QED) is 0.844. The predicted molar refractivity (Wildman–Crippen MR) is 82.6 cm³/mol. The van der Waals surface area contributed by atoms with E-state index in [0.717, 1.165) is 6.54 Å². The Morgan fingerprint density at radius 1 is 1.32 bits per heavy atom. The van der Waals surface area contributed by atoms with Gasteiger partial charge in [0.1, 0.15) is 0 Å². The van der Waals surface area contributed by atoms with Gasteiger partial charge in [0, 0.05) is 12.6 Å². The summed E-state index contributed by atoms with van der Waals surface area (Å²) in [5, 5.41) is 3.74. The Hall–Kier alpha value is -0.860. The molecule has 0 spiro atoms. The van der Waals surface area contributed by atoms with Gasteiger partial charge < -0.3 is 10.2 Å². The Morgan fingerprint density at radius 2 is 2.11 bits per heavy atom. The molecular formula is C17H28N2. The second-order valence-electron chi connectivity index (χ2n) is 5.79. The van der Waals surface area contributed by atoms with Crippen molar-refractivity contribution in [3.05, 3.63) is 35.9 Å². The molecule has 1 aliphatic rings. The van der Waals surface area contributed by atoms with Crippen LogP contribution in [0.4, 0.5) is 0 Å². The number of nitrogens with zero attached hydrogens (tertiary/aromatic N) is 1. The summed E-state index contributed by atoms with van der Waals surface area (Å²) in [4.78, 5) is 2.56. The average Bonchev–Trinajstić information content (AvgIpc) is 2.48. The Bertz CT molecular complexity index is 350. The normalized spacial score (nSPS) is 22.3. The number of likely N-dealkylation sites (N-methyl/N-ethyl adjacent to an activating group) is 1. The van der Waals surface area contributed by atoms with Crippen LogP contribution in [0.25, 0.3) is 0 Å². The summed E-state index contributed by atoms with van der Waals surface area (Å²) in [6, 6.07) is 11.6. The number of likely N-dealkylation sites (tertiary alicyclic amines) is 1. The Morgan fingerprint density at radius 3 is 2.84 bits per heavy atom. The summed E-state index contributed by atoms with van der Waals surface area (Å²) < 4.78 is 0. The van der Waals surface area contributed by atoms with Crippen LogP contribution in [-0.4, -0.2) is 37.1 Å². The fraction of sp³-hybridized carbons (Fsp3) is 0.647. The van der Waals surface area contributed by atoms with Crippen molar-refractivity contribution in [1.29, 1.82) is 0 Å². The first kappa shape index (κ1) is 14.5. The summed E-state index contributed by atoms with van der Waals surface area (Å²) in [5.74, 6) is 0.652. The van der Waals surface area contributed by atoms with Crippen LogP contribution in [0.2, 0.25) is 0 Å². The molecule has 2 unspecified atom stereocenters. The molecular weight excluding hydrogens is 232 g/mol. The molecule has 1 N–H and O–H groups in total. The standard InChI is InChI=1S/C17H28N2/c1-3-19-13-7-10-17(14-19)18-12-11-15(2)16-8-5-4-6-9-16/h4-6,8-9,15,17-18H,3,7,10-14H2,1-2H3. The number of rotatable bonds is 6. The van der Waals surface area contributed by atoms with Gasteiger partial charge in [0.25, 0.3) is 0 Å². The van der Waals surface area contributed by atoms with Gasteiger partial charge in [-0.1, -0.05) is 44.2 Å². The molecule has 2 atom stereocenters. The molecule has 0 saturated carbocycles. The fourth-order valence-electron chi connectivity index (χ4n) is 2.96. The number of hydrogen-bond acceptors (Lipinski definition) is 2. The molecule has 1 aromatic rings. The van der Waals surface area contributed by atoms with Crippen LogP contribution in [0.15, 0.2) is 30.3 Å². The third-order valence-electron chi connectivity index (χ3n) is 4.33. The highest BCUT2D eigenvalue weighted by atomic mass is 15.2. The van der Waals surface area contributed by atoms with Gasteiger partial charge in [-0.05, 0) is 50.4 Å². The van der Waals surface area contributed by atoms with Crippen LogP contribution in [0.5, 0.6) is 0 Å². The molecule has 2 nitrogen and oxygen atoms in total. The van der Waals surface area contributed by atoms with Crippen molar-refractivity contribution in [1.82, 2.24) is 10.2 Å². The minimum atomic E-state index is 0.652. The molecule has 0 aliphatic carbocycles. The van der Waals surface area contributed by atoms with Gasteiger partial charge in [0.15, 0.2) is 0 Å². The van der Waals surface area contributed by atoms with Crippen LogP contribution in [-0.2, 0) is 0 Å². The Labute approximate surface area is 118 Å². The number of nitrogens with one attached hydrogen (secondary N) is 1. The van der Waals surface area contributed by atoms with E-state index in [1.54, 1.807) is 0 Å². The highest BCUT2D eigenvalue weighted by Gasteiger charge is 2.17. The molecule has 0 amide bonds. The van der Waals surface area contributed by atoms with Crippen molar-refractivity contribution in [3.63, 3.8) is 0 Å². The van der Waals surface area contributed by atoms with Crippen molar-refractivity contribution in [2.75, 3.05) is 26.2 Å². The van der Waals surface area contributed by atoms with Crippen molar-refractivity contribution in [2.24, 2.45) is 0 Å². The van der Waals surface area contributed by atoms with Crippen molar-refractivity contribution < 1.29 is 0 Å². The lowest BCUT2D eigenvalue weighted by atomic mass is 9.97. The van der Waals surface area contributed by atoms with E-state index in [9.17, 15) is 0 Å². The maximum atomic E-state index is 3.74. The zero-order chi connectivity index (χ0) is 13.5. The zero-order valence-corrected chi connectivity index (χ0v) is 12.4. The van der Waals surface area contributed by atoms with E-state index in [2.05, 4.69) is 54.4 Å². The predicted octanol–water partition coefficient (Wildman–Crippen LogP) is 3.25. The van der Waals surface area contributed by atoms with Crippen LogP contribution in [0.1, 0.15) is 44.6 Å². The minimum absolute atomic E-state index is 0.652. The first-order chi connectivity index (χ1) is 9.29. The lowest BCUT2D eigenvalue weighted by Crippen LogP contribution is -2.45. The van der Waals surface area contributed by atoms with Crippen molar-refractivity contribution >= 4 is 0 Å². The smallest absolute Gasteiger partial charge is 0.0195 e. The van der Waals surface area contributed by atoms with Crippen LogP contribution >= 0.6 is 0 Å². The van der Waals surface area contributed by atoms with E-state index in [1.165, 1.54) is 44.5 Å². The first-order valence-electron chi connectivity index (χ1n) is 7.80. The maximum Gasteiger partial charge on any atom is 0.0195 e. The minimum Gasteiger partial charge on any atom is -0.313 e. The van der Waals surface area contributed by atoms with Gasteiger partial charge >= 0.3 is 0 Å². The third kappa shape index (κ3) is 4.63. The fourth-order valence-corrected chi connectivity index (χ4v) is 2.96. The average molecular weight is 260 g/mol. The van der Waals surface area contributed by atoms with Gasteiger partial charge in [0.2, 0.25) is 0 Å².